The summed E-state index contributed by atoms with van der Waals surface area (Å²) in [6, 6.07) is 16.7. The van der Waals surface area contributed by atoms with Crippen molar-refractivity contribution in [2.24, 2.45) is 0 Å². The summed E-state index contributed by atoms with van der Waals surface area (Å²) in [7, 11) is 0. The van der Waals surface area contributed by atoms with Gasteiger partial charge in [-0.15, -0.1) is 11.3 Å². The lowest BCUT2D eigenvalue weighted by Gasteiger charge is -2.10. The second kappa shape index (κ2) is 8.33. The fraction of sp³-hybridized carbons (Fsp3) is 0. The highest BCUT2D eigenvalue weighted by Gasteiger charge is 2.20. The van der Waals surface area contributed by atoms with E-state index in [1.807, 2.05) is 0 Å². The first-order chi connectivity index (χ1) is 14.9. The first-order valence-electron chi connectivity index (χ1n) is 8.93. The number of carboxylic acid groups (broad SMARTS) is 1. The SMILES string of the molecule is O=C(O)Oc1cc(-c2nc(-c3ccc(F)cc3)cs2)ccc1-c1ccccc1[N+](=O)[O-]. The summed E-state index contributed by atoms with van der Waals surface area (Å²) in [6.45, 7) is 0. The Morgan fingerprint density at radius 3 is 2.45 bits per heavy atom. The number of ether oxygens (including phenoxy) is 1. The van der Waals surface area contributed by atoms with Crippen molar-refractivity contribution in [3.8, 4) is 38.7 Å². The number of halogens is 1. The fourth-order valence-corrected chi connectivity index (χ4v) is 3.90. The normalized spacial score (nSPS) is 10.6. The van der Waals surface area contributed by atoms with Crippen LogP contribution in [0.1, 0.15) is 0 Å². The van der Waals surface area contributed by atoms with Crippen molar-refractivity contribution in [1.29, 1.82) is 0 Å². The van der Waals surface area contributed by atoms with Gasteiger partial charge in [-0.1, -0.05) is 18.2 Å². The zero-order chi connectivity index (χ0) is 22.0. The predicted molar refractivity (Wildman–Crippen MR) is 114 cm³/mol. The van der Waals surface area contributed by atoms with Crippen molar-refractivity contribution in [2.75, 3.05) is 0 Å². The average molecular weight is 436 g/mol. The Bertz CT molecular complexity index is 1290. The van der Waals surface area contributed by atoms with Crippen LogP contribution in [0.2, 0.25) is 0 Å². The summed E-state index contributed by atoms with van der Waals surface area (Å²) in [5.74, 6) is -0.391. The van der Waals surface area contributed by atoms with Crippen LogP contribution in [-0.2, 0) is 0 Å². The van der Waals surface area contributed by atoms with Gasteiger partial charge in [0.1, 0.15) is 16.6 Å². The summed E-state index contributed by atoms with van der Waals surface area (Å²) in [6.07, 6.45) is -1.54. The Balaban J connectivity index is 1.77. The molecule has 9 heteroatoms. The monoisotopic (exact) mass is 436 g/mol. The molecule has 1 heterocycles. The highest BCUT2D eigenvalue weighted by molar-refractivity contribution is 7.13. The van der Waals surface area contributed by atoms with Crippen LogP contribution in [0.25, 0.3) is 33.0 Å². The number of nitro benzene ring substituents is 1. The molecule has 0 bridgehead atoms. The van der Waals surface area contributed by atoms with Crippen molar-refractivity contribution in [1.82, 2.24) is 4.98 Å². The molecule has 31 heavy (non-hydrogen) atoms. The second-order valence-electron chi connectivity index (χ2n) is 6.40. The zero-order valence-electron chi connectivity index (χ0n) is 15.7. The van der Waals surface area contributed by atoms with Gasteiger partial charge in [0.05, 0.1) is 16.2 Å². The van der Waals surface area contributed by atoms with Crippen molar-refractivity contribution in [3.63, 3.8) is 0 Å². The van der Waals surface area contributed by atoms with Gasteiger partial charge in [0.15, 0.2) is 0 Å². The van der Waals surface area contributed by atoms with Crippen LogP contribution in [0.5, 0.6) is 5.75 Å². The number of carbonyl (C=O) groups is 1. The molecule has 0 aliphatic heterocycles. The Morgan fingerprint density at radius 2 is 1.74 bits per heavy atom. The number of para-hydroxylation sites is 1. The van der Waals surface area contributed by atoms with E-state index in [2.05, 4.69) is 4.98 Å². The quantitative estimate of drug-likeness (QED) is 0.172. The molecule has 0 amide bonds. The highest BCUT2D eigenvalue weighted by Crippen LogP contribution is 2.39. The molecule has 3 aromatic carbocycles. The lowest BCUT2D eigenvalue weighted by Crippen LogP contribution is -2.05. The number of thiazole rings is 1. The topological polar surface area (TPSA) is 103 Å². The van der Waals surface area contributed by atoms with E-state index in [0.29, 0.717) is 16.3 Å². The van der Waals surface area contributed by atoms with E-state index in [0.717, 1.165) is 5.56 Å². The van der Waals surface area contributed by atoms with Gasteiger partial charge in [0, 0.05) is 28.1 Å². The number of hydrogen-bond donors (Lipinski definition) is 1. The third-order valence-corrected chi connectivity index (χ3v) is 5.35. The fourth-order valence-electron chi connectivity index (χ4n) is 3.08. The molecule has 4 rings (SSSR count). The molecule has 4 aromatic rings. The molecule has 7 nitrogen and oxygen atoms in total. The van der Waals surface area contributed by atoms with Crippen LogP contribution >= 0.6 is 11.3 Å². The van der Waals surface area contributed by atoms with Crippen molar-refractivity contribution in [3.05, 3.63) is 88.0 Å². The van der Waals surface area contributed by atoms with Crippen LogP contribution in [0.15, 0.2) is 72.1 Å². The van der Waals surface area contributed by atoms with Crippen LogP contribution in [-0.4, -0.2) is 21.2 Å². The third-order valence-electron chi connectivity index (χ3n) is 4.46. The first kappa shape index (κ1) is 20.2. The van der Waals surface area contributed by atoms with Gasteiger partial charge < -0.3 is 9.84 Å². The molecular weight excluding hydrogens is 423 g/mol. The number of nitro groups is 1. The minimum absolute atomic E-state index is 0.0437. The molecule has 0 unspecified atom stereocenters. The van der Waals surface area contributed by atoms with Crippen LogP contribution in [0.4, 0.5) is 14.9 Å². The summed E-state index contributed by atoms with van der Waals surface area (Å²) < 4.78 is 18.1. The maximum absolute atomic E-state index is 13.2. The van der Waals surface area contributed by atoms with Gasteiger partial charge in [0.2, 0.25) is 0 Å². The summed E-state index contributed by atoms with van der Waals surface area (Å²) in [5, 5.41) is 22.9. The Morgan fingerprint density at radius 1 is 1.03 bits per heavy atom. The number of rotatable bonds is 5. The number of hydrogen-bond acceptors (Lipinski definition) is 6. The van der Waals surface area contributed by atoms with Gasteiger partial charge >= 0.3 is 6.16 Å². The lowest BCUT2D eigenvalue weighted by atomic mass is 10.0. The zero-order valence-corrected chi connectivity index (χ0v) is 16.5. The minimum Gasteiger partial charge on any atom is -0.449 e. The molecule has 1 N–H and O–H groups in total. The summed E-state index contributed by atoms with van der Waals surface area (Å²) in [4.78, 5) is 26.6. The Labute approximate surface area is 179 Å². The maximum atomic E-state index is 13.2. The van der Waals surface area contributed by atoms with Crippen LogP contribution in [0.3, 0.4) is 0 Å². The first-order valence-corrected chi connectivity index (χ1v) is 9.81. The van der Waals surface area contributed by atoms with Gasteiger partial charge in [0.25, 0.3) is 5.69 Å². The summed E-state index contributed by atoms with van der Waals surface area (Å²) in [5.41, 5.74) is 2.30. The number of aromatic nitrogens is 1. The predicted octanol–water partition coefficient (Wildman–Crippen LogP) is 6.25. The van der Waals surface area contributed by atoms with E-state index >= 15 is 0 Å². The molecule has 0 fully saturated rings. The van der Waals surface area contributed by atoms with Crippen LogP contribution in [0, 0.1) is 15.9 Å². The molecule has 154 valence electrons. The largest absolute Gasteiger partial charge is 0.511 e. The van der Waals surface area contributed by atoms with E-state index in [9.17, 15) is 19.3 Å². The van der Waals surface area contributed by atoms with Gasteiger partial charge in [-0.05, 0) is 42.5 Å². The molecule has 1 aromatic heterocycles. The van der Waals surface area contributed by atoms with Crippen molar-refractivity contribution in [2.45, 2.75) is 0 Å². The van der Waals surface area contributed by atoms with Crippen LogP contribution < -0.4 is 4.74 Å². The number of benzene rings is 3. The molecule has 0 atom stereocenters. The summed E-state index contributed by atoms with van der Waals surface area (Å²) >= 11 is 1.32. The van der Waals surface area contributed by atoms with E-state index in [-0.39, 0.29) is 28.4 Å². The smallest absolute Gasteiger partial charge is 0.449 e. The van der Waals surface area contributed by atoms with E-state index in [4.69, 9.17) is 9.84 Å². The standard InChI is InChI=1S/C22H13FN2O5S/c23-15-8-5-13(6-9-15)18-12-31-21(24-18)14-7-10-17(20(11-14)30-22(26)27)16-3-1-2-4-19(16)25(28)29/h1-12H,(H,26,27). The van der Waals surface area contributed by atoms with Gasteiger partial charge in [-0.3, -0.25) is 10.1 Å². The average Bonchev–Trinajstić information content (AvgIpc) is 3.24. The molecule has 0 spiro atoms. The molecule has 0 saturated carbocycles. The molecule has 0 radical (unpaired) electrons. The second-order valence-corrected chi connectivity index (χ2v) is 7.26. The van der Waals surface area contributed by atoms with E-state index in [1.165, 1.54) is 47.7 Å². The van der Waals surface area contributed by atoms with E-state index in [1.54, 1.807) is 35.7 Å². The molecule has 0 aliphatic rings. The molecule has 0 aliphatic carbocycles. The van der Waals surface area contributed by atoms with Gasteiger partial charge in [-0.25, -0.2) is 14.2 Å². The molecular formula is C22H13FN2O5S. The number of nitrogens with zero attached hydrogens (tertiary/aromatic N) is 2. The minimum atomic E-state index is -1.54. The Hall–Kier alpha value is -4.11. The maximum Gasteiger partial charge on any atom is 0.511 e. The molecule has 0 saturated heterocycles. The highest BCUT2D eigenvalue weighted by atomic mass is 32.1. The lowest BCUT2D eigenvalue weighted by molar-refractivity contribution is -0.384. The van der Waals surface area contributed by atoms with Crippen molar-refractivity contribution < 1.29 is 24.0 Å². The van der Waals surface area contributed by atoms with Gasteiger partial charge in [-0.2, -0.15) is 0 Å². The third kappa shape index (κ3) is 4.26. The van der Waals surface area contributed by atoms with Crippen molar-refractivity contribution >= 4 is 23.2 Å². The van der Waals surface area contributed by atoms with E-state index < -0.39 is 11.1 Å². The Kier molecular flexibility index (Phi) is 5.42.